The second-order valence-electron chi connectivity index (χ2n) is 5.47. The Bertz CT molecular complexity index is 454. The average Bonchev–Trinajstić information content (AvgIpc) is 2.53. The van der Waals surface area contributed by atoms with Crippen molar-refractivity contribution in [2.75, 3.05) is 6.54 Å². The lowest BCUT2D eigenvalue weighted by molar-refractivity contribution is 0.0955. The van der Waals surface area contributed by atoms with Gasteiger partial charge in [-0.15, -0.1) is 0 Å². The first-order valence-corrected chi connectivity index (χ1v) is 8.06. The maximum atomic E-state index is 12.2. The van der Waals surface area contributed by atoms with Crippen molar-refractivity contribution in [1.82, 2.24) is 0 Å². The predicted octanol–water partition coefficient (Wildman–Crippen LogP) is 4.15. The maximum absolute atomic E-state index is 12.2. The molecule has 1 aromatic rings. The van der Waals surface area contributed by atoms with Crippen LogP contribution in [0.4, 0.5) is 0 Å². The van der Waals surface area contributed by atoms with E-state index in [0.29, 0.717) is 17.5 Å². The van der Waals surface area contributed by atoms with Crippen LogP contribution in [-0.2, 0) is 0 Å². The van der Waals surface area contributed by atoms with Gasteiger partial charge in [-0.25, -0.2) is 0 Å². The van der Waals surface area contributed by atoms with Gasteiger partial charge in [0.05, 0.1) is 6.54 Å². The van der Waals surface area contributed by atoms with Gasteiger partial charge < -0.3 is 5.73 Å². The number of carbonyl (C=O) groups excluding carboxylic acids is 2. The van der Waals surface area contributed by atoms with E-state index in [1.807, 2.05) is 0 Å². The van der Waals surface area contributed by atoms with Crippen LogP contribution < -0.4 is 5.73 Å². The minimum Gasteiger partial charge on any atom is -0.324 e. The molecule has 0 aliphatic rings. The zero-order valence-corrected chi connectivity index (χ0v) is 13.1. The monoisotopic (exact) mass is 289 g/mol. The lowest BCUT2D eigenvalue weighted by Gasteiger charge is -2.07. The van der Waals surface area contributed by atoms with Crippen LogP contribution in [0.3, 0.4) is 0 Å². The molecule has 0 aliphatic heterocycles. The van der Waals surface area contributed by atoms with Gasteiger partial charge in [0, 0.05) is 17.5 Å². The Morgan fingerprint density at radius 3 is 1.95 bits per heavy atom. The number of Topliss-reactive ketones (excluding diaryl/α,β-unsaturated/α-hetero) is 2. The van der Waals surface area contributed by atoms with Gasteiger partial charge in [0.2, 0.25) is 0 Å². The van der Waals surface area contributed by atoms with Gasteiger partial charge in [-0.05, 0) is 6.42 Å². The number of nitrogens with two attached hydrogens (primary N) is 1. The van der Waals surface area contributed by atoms with E-state index in [9.17, 15) is 9.59 Å². The fraction of sp³-hybridized carbons (Fsp3) is 0.556. The molecule has 0 radical (unpaired) electrons. The van der Waals surface area contributed by atoms with E-state index >= 15 is 0 Å². The van der Waals surface area contributed by atoms with Gasteiger partial charge in [-0.3, -0.25) is 9.59 Å². The third-order valence-corrected chi connectivity index (χ3v) is 3.72. The van der Waals surface area contributed by atoms with Crippen LogP contribution in [0.2, 0.25) is 0 Å². The number of rotatable bonds is 11. The second kappa shape index (κ2) is 10.3. The first-order chi connectivity index (χ1) is 10.2. The van der Waals surface area contributed by atoms with Gasteiger partial charge in [-0.2, -0.15) is 0 Å². The van der Waals surface area contributed by atoms with E-state index in [4.69, 9.17) is 5.73 Å². The molecule has 0 bridgehead atoms. The van der Waals surface area contributed by atoms with E-state index in [1.165, 1.54) is 32.1 Å². The highest BCUT2D eigenvalue weighted by atomic mass is 16.1. The summed E-state index contributed by atoms with van der Waals surface area (Å²) in [6, 6.07) is 6.98. The molecule has 0 saturated heterocycles. The van der Waals surface area contributed by atoms with Gasteiger partial charge in [0.25, 0.3) is 0 Å². The van der Waals surface area contributed by atoms with Gasteiger partial charge in [-0.1, -0.05) is 69.7 Å². The van der Waals surface area contributed by atoms with Crippen molar-refractivity contribution in [2.24, 2.45) is 5.73 Å². The van der Waals surface area contributed by atoms with E-state index in [1.54, 1.807) is 24.3 Å². The van der Waals surface area contributed by atoms with E-state index in [2.05, 4.69) is 6.92 Å². The molecule has 3 nitrogen and oxygen atoms in total. The summed E-state index contributed by atoms with van der Waals surface area (Å²) in [5.41, 5.74) is 6.38. The summed E-state index contributed by atoms with van der Waals surface area (Å²) in [7, 11) is 0. The first kappa shape index (κ1) is 17.6. The molecule has 21 heavy (non-hydrogen) atoms. The van der Waals surface area contributed by atoms with Gasteiger partial charge in [0.1, 0.15) is 0 Å². The Labute approximate surface area is 127 Å². The molecule has 1 rings (SSSR count). The van der Waals surface area contributed by atoms with Crippen LogP contribution in [0.15, 0.2) is 24.3 Å². The zero-order chi connectivity index (χ0) is 15.5. The van der Waals surface area contributed by atoms with Crippen LogP contribution in [-0.4, -0.2) is 18.1 Å². The number of carbonyl (C=O) groups is 2. The number of hydrogen-bond acceptors (Lipinski definition) is 3. The fourth-order valence-electron chi connectivity index (χ4n) is 2.46. The fourth-order valence-corrected chi connectivity index (χ4v) is 2.46. The SMILES string of the molecule is CCCCCCCCCC(=O)c1ccccc1C(=O)CN. The summed E-state index contributed by atoms with van der Waals surface area (Å²) in [6.07, 6.45) is 8.79. The molecular weight excluding hydrogens is 262 g/mol. The van der Waals surface area contributed by atoms with Crippen molar-refractivity contribution < 1.29 is 9.59 Å². The third-order valence-electron chi connectivity index (χ3n) is 3.72. The average molecular weight is 289 g/mol. The second-order valence-corrected chi connectivity index (χ2v) is 5.47. The third kappa shape index (κ3) is 6.21. The quantitative estimate of drug-likeness (QED) is 0.491. The molecule has 0 amide bonds. The van der Waals surface area contributed by atoms with E-state index in [0.717, 1.165) is 12.8 Å². The lowest BCUT2D eigenvalue weighted by Crippen LogP contribution is -2.17. The molecule has 0 spiro atoms. The van der Waals surface area contributed by atoms with Crippen molar-refractivity contribution in [1.29, 1.82) is 0 Å². The molecule has 3 heteroatoms. The van der Waals surface area contributed by atoms with Crippen molar-refractivity contribution in [3.05, 3.63) is 35.4 Å². The van der Waals surface area contributed by atoms with Crippen LogP contribution in [0, 0.1) is 0 Å². The minimum atomic E-state index is -0.168. The zero-order valence-electron chi connectivity index (χ0n) is 13.1. The predicted molar refractivity (Wildman–Crippen MR) is 86.8 cm³/mol. The Morgan fingerprint density at radius 2 is 1.38 bits per heavy atom. The summed E-state index contributed by atoms with van der Waals surface area (Å²) in [4.78, 5) is 24.0. The van der Waals surface area contributed by atoms with Crippen LogP contribution in [0.1, 0.15) is 79.0 Å². The molecule has 0 aliphatic carbocycles. The number of ketones is 2. The van der Waals surface area contributed by atoms with Crippen molar-refractivity contribution in [2.45, 2.75) is 58.3 Å². The Balaban J connectivity index is 2.40. The number of hydrogen-bond donors (Lipinski definition) is 1. The van der Waals surface area contributed by atoms with E-state index < -0.39 is 0 Å². The van der Waals surface area contributed by atoms with Crippen LogP contribution in [0.25, 0.3) is 0 Å². The highest BCUT2D eigenvalue weighted by Gasteiger charge is 2.14. The summed E-state index contributed by atoms with van der Waals surface area (Å²) >= 11 is 0. The molecule has 116 valence electrons. The molecule has 0 heterocycles. The summed E-state index contributed by atoms with van der Waals surface area (Å²) < 4.78 is 0. The smallest absolute Gasteiger partial charge is 0.177 e. The molecule has 0 fully saturated rings. The topological polar surface area (TPSA) is 60.2 Å². The number of benzene rings is 1. The van der Waals surface area contributed by atoms with Crippen LogP contribution >= 0.6 is 0 Å². The van der Waals surface area contributed by atoms with Gasteiger partial charge >= 0.3 is 0 Å². The largest absolute Gasteiger partial charge is 0.324 e. The summed E-state index contributed by atoms with van der Waals surface area (Å²) in [5.74, 6) is -0.112. The normalized spacial score (nSPS) is 10.6. The Kier molecular flexibility index (Phi) is 8.60. The Morgan fingerprint density at radius 1 is 0.857 bits per heavy atom. The minimum absolute atomic E-state index is 0.0538. The first-order valence-electron chi connectivity index (χ1n) is 8.06. The molecule has 1 aromatic carbocycles. The molecule has 0 aromatic heterocycles. The van der Waals surface area contributed by atoms with E-state index in [-0.39, 0.29) is 18.1 Å². The van der Waals surface area contributed by atoms with Crippen molar-refractivity contribution >= 4 is 11.6 Å². The summed E-state index contributed by atoms with van der Waals surface area (Å²) in [5, 5.41) is 0. The van der Waals surface area contributed by atoms with Gasteiger partial charge in [0.15, 0.2) is 11.6 Å². The van der Waals surface area contributed by atoms with Crippen LogP contribution in [0.5, 0.6) is 0 Å². The van der Waals surface area contributed by atoms with Crippen molar-refractivity contribution in [3.63, 3.8) is 0 Å². The highest BCUT2D eigenvalue weighted by Crippen LogP contribution is 2.15. The highest BCUT2D eigenvalue weighted by molar-refractivity contribution is 6.09. The standard InChI is InChI=1S/C18H27NO2/c1-2-3-4-5-6-7-8-13-17(20)15-11-9-10-12-16(15)18(21)14-19/h9-12H,2-8,13-14,19H2,1H3. The molecule has 0 atom stereocenters. The maximum Gasteiger partial charge on any atom is 0.177 e. The molecule has 0 saturated carbocycles. The lowest BCUT2D eigenvalue weighted by atomic mass is 9.97. The molecular formula is C18H27NO2. The summed E-state index contributed by atoms with van der Waals surface area (Å²) in [6.45, 7) is 2.15. The molecule has 2 N–H and O–H groups in total. The Hall–Kier alpha value is -1.48. The molecule has 0 unspecified atom stereocenters. The number of unbranched alkanes of at least 4 members (excludes halogenated alkanes) is 6. The van der Waals surface area contributed by atoms with Crippen molar-refractivity contribution in [3.8, 4) is 0 Å².